The van der Waals surface area contributed by atoms with E-state index in [1.807, 2.05) is 24.3 Å². The Kier molecular flexibility index (Phi) is 2.55. The van der Waals surface area contributed by atoms with Crippen LogP contribution < -0.4 is 10.1 Å². The molecule has 0 amide bonds. The van der Waals surface area contributed by atoms with Gasteiger partial charge in [0, 0.05) is 30.0 Å². The number of aliphatic carboxylic acids is 1. The van der Waals surface area contributed by atoms with E-state index in [9.17, 15) is 9.90 Å². The maximum atomic E-state index is 11.5. The SMILES string of the molecule is CC1COc2ccccc2C12CNCC2C(=O)O. The van der Waals surface area contributed by atoms with Crippen LogP contribution in [0.4, 0.5) is 0 Å². The Hall–Kier alpha value is -1.55. The highest BCUT2D eigenvalue weighted by molar-refractivity contribution is 5.74. The van der Waals surface area contributed by atoms with E-state index in [-0.39, 0.29) is 17.3 Å². The van der Waals surface area contributed by atoms with Gasteiger partial charge < -0.3 is 15.2 Å². The van der Waals surface area contributed by atoms with Gasteiger partial charge in [0.25, 0.3) is 0 Å². The van der Waals surface area contributed by atoms with Crippen LogP contribution in [0.1, 0.15) is 12.5 Å². The van der Waals surface area contributed by atoms with Crippen molar-refractivity contribution in [3.63, 3.8) is 0 Å². The predicted molar refractivity (Wildman–Crippen MR) is 66.8 cm³/mol. The molecule has 0 saturated carbocycles. The summed E-state index contributed by atoms with van der Waals surface area (Å²) in [6.07, 6.45) is 0. The Labute approximate surface area is 106 Å². The molecule has 3 atom stereocenters. The summed E-state index contributed by atoms with van der Waals surface area (Å²) in [7, 11) is 0. The summed E-state index contributed by atoms with van der Waals surface area (Å²) in [6.45, 7) is 3.92. The number of rotatable bonds is 1. The normalized spacial score (nSPS) is 34.1. The van der Waals surface area contributed by atoms with E-state index in [0.29, 0.717) is 19.7 Å². The average molecular weight is 247 g/mol. The van der Waals surface area contributed by atoms with Crippen LogP contribution in [0.15, 0.2) is 24.3 Å². The minimum absolute atomic E-state index is 0.198. The molecule has 0 bridgehead atoms. The monoisotopic (exact) mass is 247 g/mol. The zero-order chi connectivity index (χ0) is 12.8. The van der Waals surface area contributed by atoms with Gasteiger partial charge in [-0.1, -0.05) is 25.1 Å². The fourth-order valence-corrected chi connectivity index (χ4v) is 3.44. The number of hydrogen-bond donors (Lipinski definition) is 2. The zero-order valence-corrected chi connectivity index (χ0v) is 10.3. The van der Waals surface area contributed by atoms with Crippen molar-refractivity contribution < 1.29 is 14.6 Å². The van der Waals surface area contributed by atoms with E-state index >= 15 is 0 Å². The van der Waals surface area contributed by atoms with Crippen molar-refractivity contribution >= 4 is 5.97 Å². The first kappa shape index (κ1) is 11.5. The maximum absolute atomic E-state index is 11.5. The quantitative estimate of drug-likeness (QED) is 0.784. The molecule has 4 nitrogen and oxygen atoms in total. The van der Waals surface area contributed by atoms with Gasteiger partial charge >= 0.3 is 5.97 Å². The molecule has 0 aromatic heterocycles. The third-order valence-corrected chi connectivity index (χ3v) is 4.44. The van der Waals surface area contributed by atoms with Crippen molar-refractivity contribution in [3.8, 4) is 5.75 Å². The van der Waals surface area contributed by atoms with E-state index < -0.39 is 5.97 Å². The van der Waals surface area contributed by atoms with Crippen molar-refractivity contribution in [1.29, 1.82) is 0 Å². The number of hydrogen-bond acceptors (Lipinski definition) is 3. The average Bonchev–Trinajstić information content (AvgIpc) is 2.80. The Morgan fingerprint density at radius 1 is 1.50 bits per heavy atom. The molecule has 1 aromatic rings. The highest BCUT2D eigenvalue weighted by Crippen LogP contribution is 2.48. The molecule has 96 valence electrons. The van der Waals surface area contributed by atoms with Gasteiger partial charge in [-0.15, -0.1) is 0 Å². The minimum atomic E-state index is -0.719. The molecule has 1 saturated heterocycles. The molecule has 0 radical (unpaired) electrons. The molecule has 18 heavy (non-hydrogen) atoms. The molecule has 0 aliphatic carbocycles. The molecule has 1 spiro atoms. The van der Waals surface area contributed by atoms with Gasteiger partial charge in [-0.25, -0.2) is 0 Å². The molecule has 3 rings (SSSR count). The van der Waals surface area contributed by atoms with Crippen LogP contribution in [0.2, 0.25) is 0 Å². The van der Waals surface area contributed by atoms with Gasteiger partial charge in [0.1, 0.15) is 5.75 Å². The molecule has 2 aliphatic heterocycles. The van der Waals surface area contributed by atoms with Crippen LogP contribution >= 0.6 is 0 Å². The summed E-state index contributed by atoms with van der Waals surface area (Å²) in [5.74, 6) is -0.0600. The highest BCUT2D eigenvalue weighted by atomic mass is 16.5. The molecule has 2 N–H and O–H groups in total. The molecule has 3 unspecified atom stereocenters. The van der Waals surface area contributed by atoms with E-state index in [4.69, 9.17) is 4.74 Å². The standard InChI is InChI=1S/C14H17NO3/c1-9-7-18-12-5-3-2-4-10(12)14(9)8-15-6-11(14)13(16)17/h2-5,9,11,15H,6-8H2,1H3,(H,16,17). The van der Waals surface area contributed by atoms with E-state index in [0.717, 1.165) is 11.3 Å². The lowest BCUT2D eigenvalue weighted by Crippen LogP contribution is -2.49. The van der Waals surface area contributed by atoms with Crippen LogP contribution in [0.25, 0.3) is 0 Å². The molecule has 2 aliphatic rings. The van der Waals surface area contributed by atoms with Crippen LogP contribution in [0.3, 0.4) is 0 Å². The van der Waals surface area contributed by atoms with Crippen molar-refractivity contribution in [2.45, 2.75) is 12.3 Å². The number of carbonyl (C=O) groups is 1. The van der Waals surface area contributed by atoms with Crippen LogP contribution in [-0.4, -0.2) is 30.8 Å². The van der Waals surface area contributed by atoms with Crippen molar-refractivity contribution in [3.05, 3.63) is 29.8 Å². The third kappa shape index (κ3) is 1.38. The second-order valence-electron chi connectivity index (χ2n) is 5.27. The second-order valence-corrected chi connectivity index (χ2v) is 5.27. The topological polar surface area (TPSA) is 58.6 Å². The number of fused-ring (bicyclic) bond motifs is 2. The summed E-state index contributed by atoms with van der Waals surface area (Å²) in [4.78, 5) is 11.5. The fraction of sp³-hybridized carbons (Fsp3) is 0.500. The third-order valence-electron chi connectivity index (χ3n) is 4.44. The number of para-hydroxylation sites is 1. The first-order chi connectivity index (χ1) is 8.66. The van der Waals surface area contributed by atoms with Gasteiger partial charge in [0.05, 0.1) is 12.5 Å². The second kappa shape index (κ2) is 3.99. The summed E-state index contributed by atoms with van der Waals surface area (Å²) in [5.41, 5.74) is 0.710. The lowest BCUT2D eigenvalue weighted by atomic mass is 9.63. The zero-order valence-electron chi connectivity index (χ0n) is 10.3. The summed E-state index contributed by atoms with van der Waals surface area (Å²) >= 11 is 0. The number of carboxylic acid groups (broad SMARTS) is 1. The van der Waals surface area contributed by atoms with Crippen LogP contribution in [-0.2, 0) is 10.2 Å². The van der Waals surface area contributed by atoms with E-state index in [1.165, 1.54) is 0 Å². The van der Waals surface area contributed by atoms with Gasteiger partial charge in [-0.05, 0) is 6.07 Å². The van der Waals surface area contributed by atoms with Gasteiger partial charge in [0.2, 0.25) is 0 Å². The Balaban J connectivity index is 2.17. The molecule has 4 heteroatoms. The van der Waals surface area contributed by atoms with Crippen molar-refractivity contribution in [1.82, 2.24) is 5.32 Å². The molecular formula is C14H17NO3. The Bertz CT molecular complexity index is 488. The van der Waals surface area contributed by atoms with Gasteiger partial charge in [-0.3, -0.25) is 4.79 Å². The molecule has 2 heterocycles. The lowest BCUT2D eigenvalue weighted by molar-refractivity contribution is -0.144. The summed E-state index contributed by atoms with van der Waals surface area (Å²) in [5, 5.41) is 12.7. The Morgan fingerprint density at radius 3 is 3.06 bits per heavy atom. The maximum Gasteiger partial charge on any atom is 0.308 e. The number of benzene rings is 1. The number of carboxylic acids is 1. The predicted octanol–water partition coefficient (Wildman–Crippen LogP) is 1.26. The largest absolute Gasteiger partial charge is 0.493 e. The van der Waals surface area contributed by atoms with E-state index in [1.54, 1.807) is 0 Å². The first-order valence-corrected chi connectivity index (χ1v) is 6.32. The minimum Gasteiger partial charge on any atom is -0.493 e. The summed E-state index contributed by atoms with van der Waals surface area (Å²) in [6, 6.07) is 7.83. The Morgan fingerprint density at radius 2 is 2.28 bits per heavy atom. The van der Waals surface area contributed by atoms with Crippen LogP contribution in [0.5, 0.6) is 5.75 Å². The van der Waals surface area contributed by atoms with Crippen LogP contribution in [0, 0.1) is 11.8 Å². The lowest BCUT2D eigenvalue weighted by Gasteiger charge is -2.43. The molecule has 1 aromatic carbocycles. The smallest absolute Gasteiger partial charge is 0.308 e. The highest BCUT2D eigenvalue weighted by Gasteiger charge is 2.54. The van der Waals surface area contributed by atoms with Gasteiger partial charge in [-0.2, -0.15) is 0 Å². The summed E-state index contributed by atoms with van der Waals surface area (Å²) < 4.78 is 5.73. The number of ether oxygens (including phenoxy) is 1. The first-order valence-electron chi connectivity index (χ1n) is 6.32. The molecule has 1 fully saturated rings. The van der Waals surface area contributed by atoms with E-state index in [2.05, 4.69) is 12.2 Å². The van der Waals surface area contributed by atoms with Crippen molar-refractivity contribution in [2.75, 3.05) is 19.7 Å². The number of nitrogens with one attached hydrogen (secondary N) is 1. The fourth-order valence-electron chi connectivity index (χ4n) is 3.44. The van der Waals surface area contributed by atoms with Crippen molar-refractivity contribution in [2.24, 2.45) is 11.8 Å². The molecular weight excluding hydrogens is 230 g/mol. The van der Waals surface area contributed by atoms with Gasteiger partial charge in [0.15, 0.2) is 0 Å².